The lowest BCUT2D eigenvalue weighted by molar-refractivity contribution is 0.0962. The molecular formula is C19H18N4O3S. The molecular weight excluding hydrogens is 364 g/mol. The summed E-state index contributed by atoms with van der Waals surface area (Å²) in [7, 11) is 1.57. The summed E-state index contributed by atoms with van der Waals surface area (Å²) in [5, 5.41) is 5.35. The summed E-state index contributed by atoms with van der Waals surface area (Å²) >= 11 is 1.16. The first kappa shape index (κ1) is 18.5. The fraction of sp³-hybridized carbons (Fsp3) is 0.158. The maximum Gasteiger partial charge on any atom is 0.255 e. The van der Waals surface area contributed by atoms with E-state index in [1.54, 1.807) is 55.6 Å². The van der Waals surface area contributed by atoms with E-state index in [-0.39, 0.29) is 11.8 Å². The number of anilines is 1. The van der Waals surface area contributed by atoms with Crippen molar-refractivity contribution >= 4 is 29.2 Å². The minimum Gasteiger partial charge on any atom is -0.487 e. The van der Waals surface area contributed by atoms with E-state index in [0.29, 0.717) is 29.2 Å². The molecule has 0 spiro atoms. The van der Waals surface area contributed by atoms with Crippen molar-refractivity contribution in [2.75, 3.05) is 12.4 Å². The topological polar surface area (TPSA) is 93.2 Å². The Labute approximate surface area is 160 Å². The molecule has 3 aromatic rings. The first-order chi connectivity index (χ1) is 13.1. The SMILES string of the molecule is CNC(=O)c1ccc(NC(=O)c2ccc(OCc3nsnc3C)cc2)cc1. The molecule has 0 unspecified atom stereocenters. The van der Waals surface area contributed by atoms with E-state index >= 15 is 0 Å². The van der Waals surface area contributed by atoms with Gasteiger partial charge in [-0.1, -0.05) is 0 Å². The molecule has 0 aliphatic rings. The molecule has 0 atom stereocenters. The van der Waals surface area contributed by atoms with E-state index in [0.717, 1.165) is 23.1 Å². The van der Waals surface area contributed by atoms with Gasteiger partial charge in [0.05, 0.1) is 17.4 Å². The third kappa shape index (κ3) is 4.68. The first-order valence-electron chi connectivity index (χ1n) is 8.21. The maximum absolute atomic E-state index is 12.3. The molecule has 138 valence electrons. The van der Waals surface area contributed by atoms with Crippen molar-refractivity contribution in [1.29, 1.82) is 0 Å². The summed E-state index contributed by atoms with van der Waals surface area (Å²) in [6, 6.07) is 13.5. The molecule has 0 fully saturated rings. The van der Waals surface area contributed by atoms with Gasteiger partial charge in [-0.05, 0) is 55.5 Å². The quantitative estimate of drug-likeness (QED) is 0.683. The second kappa shape index (κ2) is 8.41. The zero-order chi connectivity index (χ0) is 19.2. The van der Waals surface area contributed by atoms with Gasteiger partial charge in [0.15, 0.2) is 0 Å². The van der Waals surface area contributed by atoms with Crippen LogP contribution in [0.1, 0.15) is 32.1 Å². The number of nitrogens with one attached hydrogen (secondary N) is 2. The average Bonchev–Trinajstić information content (AvgIpc) is 3.11. The van der Waals surface area contributed by atoms with Crippen molar-refractivity contribution in [3.63, 3.8) is 0 Å². The van der Waals surface area contributed by atoms with E-state index in [1.165, 1.54) is 0 Å². The number of aromatic nitrogens is 2. The highest BCUT2D eigenvalue weighted by molar-refractivity contribution is 6.99. The highest BCUT2D eigenvalue weighted by atomic mass is 32.1. The number of hydrogen-bond acceptors (Lipinski definition) is 6. The monoisotopic (exact) mass is 382 g/mol. The normalized spacial score (nSPS) is 10.3. The lowest BCUT2D eigenvalue weighted by Crippen LogP contribution is -2.17. The van der Waals surface area contributed by atoms with E-state index in [4.69, 9.17) is 4.74 Å². The molecule has 27 heavy (non-hydrogen) atoms. The van der Waals surface area contributed by atoms with Gasteiger partial charge in [-0.3, -0.25) is 9.59 Å². The summed E-state index contributed by atoms with van der Waals surface area (Å²) in [6.45, 7) is 2.22. The Balaban J connectivity index is 1.58. The predicted octanol–water partition coefficient (Wildman–Crippen LogP) is 3.04. The lowest BCUT2D eigenvalue weighted by Gasteiger charge is -2.08. The number of carbonyl (C=O) groups is 2. The van der Waals surface area contributed by atoms with Crippen LogP contribution in [0, 0.1) is 6.92 Å². The molecule has 1 heterocycles. The predicted molar refractivity (Wildman–Crippen MR) is 103 cm³/mol. The van der Waals surface area contributed by atoms with Crippen molar-refractivity contribution in [3.8, 4) is 5.75 Å². The van der Waals surface area contributed by atoms with Crippen LogP contribution in [0.4, 0.5) is 5.69 Å². The van der Waals surface area contributed by atoms with Gasteiger partial charge in [0, 0.05) is 23.9 Å². The summed E-state index contributed by atoms with van der Waals surface area (Å²) in [5.74, 6) is 0.231. The van der Waals surface area contributed by atoms with Crippen LogP contribution in [-0.2, 0) is 6.61 Å². The summed E-state index contributed by atoms with van der Waals surface area (Å²) in [4.78, 5) is 23.9. The van der Waals surface area contributed by atoms with Crippen molar-refractivity contribution in [1.82, 2.24) is 14.1 Å². The van der Waals surface area contributed by atoms with E-state index in [1.807, 2.05) is 6.92 Å². The molecule has 8 heteroatoms. The molecule has 7 nitrogen and oxygen atoms in total. The van der Waals surface area contributed by atoms with Gasteiger partial charge in [0.25, 0.3) is 11.8 Å². The summed E-state index contributed by atoms with van der Waals surface area (Å²) in [6.07, 6.45) is 0. The van der Waals surface area contributed by atoms with Crippen molar-refractivity contribution in [2.45, 2.75) is 13.5 Å². The van der Waals surface area contributed by atoms with Crippen LogP contribution >= 0.6 is 11.7 Å². The standard InChI is InChI=1S/C19H18N4O3S/c1-12-17(23-27-22-12)11-26-16-9-5-14(6-10-16)19(25)21-15-7-3-13(4-8-15)18(24)20-2/h3-10H,11H2,1-2H3,(H,20,24)(H,21,25). The molecule has 2 N–H and O–H groups in total. The molecule has 2 amide bonds. The largest absolute Gasteiger partial charge is 0.487 e. The van der Waals surface area contributed by atoms with Crippen LogP contribution < -0.4 is 15.4 Å². The Hall–Kier alpha value is -3.26. The smallest absolute Gasteiger partial charge is 0.255 e. The number of aryl methyl sites for hydroxylation is 1. The number of hydrogen-bond donors (Lipinski definition) is 2. The Morgan fingerprint density at radius 3 is 2.19 bits per heavy atom. The van der Waals surface area contributed by atoms with Crippen LogP contribution in [0.2, 0.25) is 0 Å². The van der Waals surface area contributed by atoms with E-state index in [2.05, 4.69) is 19.4 Å². The summed E-state index contributed by atoms with van der Waals surface area (Å²) in [5.41, 5.74) is 3.31. The van der Waals surface area contributed by atoms with Gasteiger partial charge in [0.2, 0.25) is 0 Å². The van der Waals surface area contributed by atoms with Gasteiger partial charge in [-0.25, -0.2) is 0 Å². The third-order valence-electron chi connectivity index (χ3n) is 3.87. The number of carbonyl (C=O) groups excluding carboxylic acids is 2. The minimum atomic E-state index is -0.242. The minimum absolute atomic E-state index is 0.174. The average molecular weight is 382 g/mol. The van der Waals surface area contributed by atoms with Crippen molar-refractivity contribution < 1.29 is 14.3 Å². The third-order valence-corrected chi connectivity index (χ3v) is 4.53. The Morgan fingerprint density at radius 1 is 0.963 bits per heavy atom. The zero-order valence-electron chi connectivity index (χ0n) is 14.9. The van der Waals surface area contributed by atoms with Gasteiger partial charge < -0.3 is 15.4 Å². The Bertz CT molecular complexity index is 936. The second-order valence-electron chi connectivity index (χ2n) is 5.72. The molecule has 0 bridgehead atoms. The molecule has 2 aromatic carbocycles. The van der Waals surface area contributed by atoms with Gasteiger partial charge in [-0.15, -0.1) is 0 Å². The number of benzene rings is 2. The van der Waals surface area contributed by atoms with Crippen molar-refractivity contribution in [2.24, 2.45) is 0 Å². The lowest BCUT2D eigenvalue weighted by atomic mass is 10.1. The molecule has 0 aliphatic carbocycles. The van der Waals surface area contributed by atoms with Gasteiger partial charge >= 0.3 is 0 Å². The maximum atomic E-state index is 12.3. The highest BCUT2D eigenvalue weighted by Crippen LogP contribution is 2.17. The van der Waals surface area contributed by atoms with Crippen LogP contribution in [0.3, 0.4) is 0 Å². The Morgan fingerprint density at radius 2 is 1.59 bits per heavy atom. The number of rotatable bonds is 6. The molecule has 0 saturated heterocycles. The molecule has 0 aliphatic heterocycles. The first-order valence-corrected chi connectivity index (χ1v) is 8.94. The van der Waals surface area contributed by atoms with Crippen LogP contribution in [0.15, 0.2) is 48.5 Å². The second-order valence-corrected chi connectivity index (χ2v) is 6.25. The summed E-state index contributed by atoms with van der Waals surface area (Å²) < 4.78 is 13.9. The van der Waals surface area contributed by atoms with Gasteiger partial charge in [-0.2, -0.15) is 8.75 Å². The molecule has 1 aromatic heterocycles. The fourth-order valence-corrected chi connectivity index (χ4v) is 2.84. The number of amides is 2. The van der Waals surface area contributed by atoms with Crippen molar-refractivity contribution in [3.05, 3.63) is 71.0 Å². The van der Waals surface area contributed by atoms with Crippen LogP contribution in [0.25, 0.3) is 0 Å². The Kier molecular flexibility index (Phi) is 5.77. The van der Waals surface area contributed by atoms with Crippen LogP contribution in [-0.4, -0.2) is 27.6 Å². The zero-order valence-corrected chi connectivity index (χ0v) is 15.7. The molecule has 0 radical (unpaired) electrons. The fourth-order valence-electron chi connectivity index (χ4n) is 2.29. The molecule has 0 saturated carbocycles. The molecule has 3 rings (SSSR count). The van der Waals surface area contributed by atoms with Crippen LogP contribution in [0.5, 0.6) is 5.75 Å². The number of ether oxygens (including phenoxy) is 1. The van der Waals surface area contributed by atoms with Gasteiger partial charge in [0.1, 0.15) is 18.1 Å². The van der Waals surface area contributed by atoms with E-state index < -0.39 is 0 Å². The van der Waals surface area contributed by atoms with E-state index in [9.17, 15) is 9.59 Å². The number of nitrogens with zero attached hydrogens (tertiary/aromatic N) is 2. The highest BCUT2D eigenvalue weighted by Gasteiger charge is 2.09.